The van der Waals surface area contributed by atoms with E-state index in [1.165, 1.54) is 0 Å². The number of rotatable bonds is 5. The number of nitrogens with zero attached hydrogens (tertiary/aromatic N) is 3. The van der Waals surface area contributed by atoms with Crippen molar-refractivity contribution >= 4 is 9.52 Å². The van der Waals surface area contributed by atoms with Gasteiger partial charge in [0.1, 0.15) is 18.8 Å². The summed E-state index contributed by atoms with van der Waals surface area (Å²) >= 11 is 0. The first kappa shape index (κ1) is 9.96. The van der Waals surface area contributed by atoms with Crippen LogP contribution in [0.3, 0.4) is 0 Å². The molecule has 0 saturated heterocycles. The Morgan fingerprint density at radius 2 is 2.62 bits per heavy atom. The number of hydrogen-bond donors (Lipinski definition) is 0. The summed E-state index contributed by atoms with van der Waals surface area (Å²) in [6.07, 6.45) is 3.34. The number of aromatic nitrogens is 2. The van der Waals surface area contributed by atoms with Crippen LogP contribution in [0.25, 0.3) is 0 Å². The van der Waals surface area contributed by atoms with Gasteiger partial charge in [-0.3, -0.25) is 4.57 Å². The van der Waals surface area contributed by atoms with Crippen molar-refractivity contribution in [2.75, 3.05) is 6.61 Å². The van der Waals surface area contributed by atoms with E-state index in [2.05, 4.69) is 11.5 Å². The van der Waals surface area contributed by atoms with Gasteiger partial charge in [0.05, 0.1) is 13.2 Å². The fraction of sp³-hybridized carbons (Fsp3) is 0.500. The van der Waals surface area contributed by atoms with Gasteiger partial charge in [-0.2, -0.15) is 5.26 Å². The third kappa shape index (κ3) is 3.01. The largest absolute Gasteiger partial charge is 0.479 e. The normalized spacial score (nSPS) is 9.54. The second-order valence-corrected chi connectivity index (χ2v) is 3.68. The minimum atomic E-state index is 0.402. The van der Waals surface area contributed by atoms with E-state index in [1.807, 2.05) is 6.07 Å². The lowest BCUT2D eigenvalue weighted by molar-refractivity contribution is 0.0872. The summed E-state index contributed by atoms with van der Waals surface area (Å²) in [6.45, 7) is 3.31. The summed E-state index contributed by atoms with van der Waals surface area (Å²) < 4.78 is 7.03. The maximum atomic E-state index is 8.62. The number of nitriles is 1. The summed E-state index contributed by atoms with van der Waals surface area (Å²) in [6, 6.07) is 3.07. The Kier molecular flexibility index (Phi) is 4.22. The topological polar surface area (TPSA) is 50.8 Å². The maximum Gasteiger partial charge on any atom is 0.479 e. The van der Waals surface area contributed by atoms with Crippen molar-refractivity contribution in [2.45, 2.75) is 19.3 Å². The number of imidazole rings is 1. The zero-order valence-electron chi connectivity index (χ0n) is 7.53. The molecule has 1 rings (SSSR count). The molecule has 1 heterocycles. The molecule has 67 valence electrons. The van der Waals surface area contributed by atoms with Crippen molar-refractivity contribution in [1.82, 2.24) is 9.55 Å². The van der Waals surface area contributed by atoms with E-state index < -0.39 is 0 Å². The SMILES string of the molecule is C[Si+]CCOCn1ccnc1C#N. The predicted molar refractivity (Wildman–Crippen MR) is 49.3 cm³/mol. The highest BCUT2D eigenvalue weighted by Crippen LogP contribution is 1.96. The van der Waals surface area contributed by atoms with Gasteiger partial charge in [0, 0.05) is 12.4 Å². The van der Waals surface area contributed by atoms with Crippen LogP contribution < -0.4 is 0 Å². The van der Waals surface area contributed by atoms with Crippen LogP contribution in [0, 0.1) is 11.3 Å². The fourth-order valence-electron chi connectivity index (χ4n) is 0.864. The smallest absolute Gasteiger partial charge is 0.358 e. The quantitative estimate of drug-likeness (QED) is 0.515. The third-order valence-electron chi connectivity index (χ3n) is 1.54. The van der Waals surface area contributed by atoms with Gasteiger partial charge in [-0.05, 0) is 0 Å². The zero-order valence-corrected chi connectivity index (χ0v) is 8.53. The van der Waals surface area contributed by atoms with Gasteiger partial charge in [-0.25, -0.2) is 4.98 Å². The van der Waals surface area contributed by atoms with Crippen LogP contribution in [0.1, 0.15) is 5.82 Å². The Labute approximate surface area is 80.0 Å². The molecule has 0 N–H and O–H groups in total. The van der Waals surface area contributed by atoms with E-state index >= 15 is 0 Å². The molecule has 0 fully saturated rings. The van der Waals surface area contributed by atoms with Crippen molar-refractivity contribution in [3.05, 3.63) is 18.2 Å². The number of hydrogen-bond acceptors (Lipinski definition) is 3. The minimum absolute atomic E-state index is 0.402. The first-order valence-electron chi connectivity index (χ1n) is 4.02. The number of ether oxygens (including phenoxy) is 1. The Hall–Kier alpha value is -1.12. The molecule has 4 nitrogen and oxygen atoms in total. The van der Waals surface area contributed by atoms with Crippen LogP contribution in [0.4, 0.5) is 0 Å². The standard InChI is InChI=1S/C8H11N3OSi/c1-13-5-4-12-7-11-3-2-10-8(11)6-9/h2-3H,4-5,7H2,1H3/q+1. The van der Waals surface area contributed by atoms with Crippen molar-refractivity contribution in [2.24, 2.45) is 0 Å². The molecule has 1 aromatic rings. The van der Waals surface area contributed by atoms with Crippen molar-refractivity contribution in [3.8, 4) is 6.07 Å². The monoisotopic (exact) mass is 193 g/mol. The van der Waals surface area contributed by atoms with Gasteiger partial charge in [0.25, 0.3) is 0 Å². The summed E-state index contributed by atoms with van der Waals surface area (Å²) in [5.41, 5.74) is 0. The van der Waals surface area contributed by atoms with Crippen molar-refractivity contribution < 1.29 is 4.74 Å². The highest BCUT2D eigenvalue weighted by Gasteiger charge is 2.02. The molecule has 0 bridgehead atoms. The maximum absolute atomic E-state index is 8.62. The Morgan fingerprint density at radius 1 is 1.77 bits per heavy atom. The van der Waals surface area contributed by atoms with Gasteiger partial charge in [0.15, 0.2) is 0 Å². The van der Waals surface area contributed by atoms with E-state index in [-0.39, 0.29) is 0 Å². The van der Waals surface area contributed by atoms with Gasteiger partial charge in [-0.15, -0.1) is 0 Å². The summed E-state index contributed by atoms with van der Waals surface area (Å²) in [5.74, 6) is 0.402. The van der Waals surface area contributed by atoms with Crippen LogP contribution in [0.5, 0.6) is 0 Å². The van der Waals surface area contributed by atoms with Gasteiger partial charge < -0.3 is 4.74 Å². The molecule has 0 aliphatic heterocycles. The second kappa shape index (κ2) is 5.51. The first-order valence-corrected chi connectivity index (χ1v) is 5.72. The molecule has 0 atom stereocenters. The molecule has 1 aromatic heterocycles. The molecule has 0 aliphatic carbocycles. The average Bonchev–Trinajstić information content (AvgIpc) is 2.60. The van der Waals surface area contributed by atoms with E-state index in [1.54, 1.807) is 17.0 Å². The highest BCUT2D eigenvalue weighted by atomic mass is 28.2. The lowest BCUT2D eigenvalue weighted by atomic mass is 10.7. The Bertz CT molecular complexity index is 292. The predicted octanol–water partition coefficient (Wildman–Crippen LogP) is 0.899. The fourth-order valence-corrected chi connectivity index (χ4v) is 1.21. The van der Waals surface area contributed by atoms with Crippen LogP contribution in [0.15, 0.2) is 12.4 Å². The Balaban J connectivity index is 2.33. The molecular formula is C8H11N3OSi+. The van der Waals surface area contributed by atoms with E-state index in [0.29, 0.717) is 12.6 Å². The molecule has 0 saturated carbocycles. The van der Waals surface area contributed by atoms with E-state index in [9.17, 15) is 0 Å². The van der Waals surface area contributed by atoms with Crippen molar-refractivity contribution in [1.29, 1.82) is 5.26 Å². The van der Waals surface area contributed by atoms with Crippen molar-refractivity contribution in [3.63, 3.8) is 0 Å². The van der Waals surface area contributed by atoms with Crippen LogP contribution in [0.2, 0.25) is 12.6 Å². The summed E-state index contributed by atoms with van der Waals surface area (Å²) in [4.78, 5) is 3.86. The van der Waals surface area contributed by atoms with E-state index in [0.717, 1.165) is 22.2 Å². The molecule has 5 heteroatoms. The molecule has 0 amide bonds. The van der Waals surface area contributed by atoms with Crippen LogP contribution >= 0.6 is 0 Å². The molecule has 0 aromatic carbocycles. The molecule has 0 spiro atoms. The lowest BCUT2D eigenvalue weighted by Gasteiger charge is -2.01. The van der Waals surface area contributed by atoms with Crippen LogP contribution in [-0.4, -0.2) is 25.7 Å². The third-order valence-corrected chi connectivity index (χ3v) is 2.25. The molecule has 13 heavy (non-hydrogen) atoms. The minimum Gasteiger partial charge on any atom is -0.358 e. The highest BCUT2D eigenvalue weighted by molar-refractivity contribution is 6.33. The second-order valence-electron chi connectivity index (χ2n) is 2.47. The van der Waals surface area contributed by atoms with Gasteiger partial charge >= 0.3 is 9.52 Å². The molecule has 0 unspecified atom stereocenters. The lowest BCUT2D eigenvalue weighted by Crippen LogP contribution is -2.05. The van der Waals surface area contributed by atoms with Crippen LogP contribution in [-0.2, 0) is 11.5 Å². The first-order chi connectivity index (χ1) is 6.38. The molecule has 0 aliphatic rings. The average molecular weight is 193 g/mol. The van der Waals surface area contributed by atoms with E-state index in [4.69, 9.17) is 10.00 Å². The Morgan fingerprint density at radius 3 is 3.31 bits per heavy atom. The summed E-state index contributed by atoms with van der Waals surface area (Å²) in [7, 11) is 0.915. The molecule has 1 radical (unpaired) electrons. The zero-order chi connectivity index (χ0) is 9.52. The van der Waals surface area contributed by atoms with Gasteiger partial charge in [0.2, 0.25) is 5.82 Å². The van der Waals surface area contributed by atoms with Gasteiger partial charge in [-0.1, -0.05) is 0 Å². The molecular weight excluding hydrogens is 182 g/mol. The summed E-state index contributed by atoms with van der Waals surface area (Å²) in [5, 5.41) is 8.62.